The van der Waals surface area contributed by atoms with Crippen molar-refractivity contribution in [1.82, 2.24) is 15.1 Å². The fourth-order valence-electron chi connectivity index (χ4n) is 3.63. The number of rotatable bonds is 7. The molecule has 0 saturated heterocycles. The number of urea groups is 1. The van der Waals surface area contributed by atoms with Gasteiger partial charge in [-0.05, 0) is 42.7 Å². The first-order valence-electron chi connectivity index (χ1n) is 11.1. The monoisotopic (exact) mass is 453 g/mol. The van der Waals surface area contributed by atoms with Crippen molar-refractivity contribution in [1.29, 1.82) is 0 Å². The highest BCUT2D eigenvalue weighted by Gasteiger charge is 2.14. The molecule has 0 fully saturated rings. The molecule has 3 amide bonds. The second kappa shape index (κ2) is 10.5. The molecule has 7 nitrogen and oxygen atoms in total. The van der Waals surface area contributed by atoms with E-state index in [1.165, 1.54) is 0 Å². The Hall–Kier alpha value is -4.39. The van der Waals surface area contributed by atoms with Crippen LogP contribution in [0.15, 0.2) is 84.9 Å². The van der Waals surface area contributed by atoms with Gasteiger partial charge in [-0.25, -0.2) is 9.48 Å². The van der Waals surface area contributed by atoms with Gasteiger partial charge in [0.25, 0.3) is 0 Å². The number of amides is 3. The number of carbonyl (C=O) groups excluding carboxylic acids is 2. The Morgan fingerprint density at radius 2 is 1.62 bits per heavy atom. The maximum absolute atomic E-state index is 12.6. The van der Waals surface area contributed by atoms with Gasteiger partial charge in [-0.2, -0.15) is 5.10 Å². The summed E-state index contributed by atoms with van der Waals surface area (Å²) in [5.74, 6) is 0.220. The zero-order valence-electron chi connectivity index (χ0n) is 19.2. The molecular formula is C27H27N5O2. The van der Waals surface area contributed by atoms with Crippen LogP contribution in [-0.2, 0) is 11.3 Å². The highest BCUT2D eigenvalue weighted by atomic mass is 16.2. The molecule has 0 saturated carbocycles. The number of hydrogen-bond donors (Lipinski definition) is 3. The van der Waals surface area contributed by atoms with Gasteiger partial charge in [0, 0.05) is 17.3 Å². The molecule has 0 spiro atoms. The van der Waals surface area contributed by atoms with Crippen LogP contribution in [0.2, 0.25) is 0 Å². The van der Waals surface area contributed by atoms with E-state index >= 15 is 0 Å². The van der Waals surface area contributed by atoms with Crippen LogP contribution in [0.3, 0.4) is 0 Å². The maximum Gasteiger partial charge on any atom is 0.319 e. The van der Waals surface area contributed by atoms with E-state index in [2.05, 4.69) is 16.0 Å². The first kappa shape index (κ1) is 22.8. The van der Waals surface area contributed by atoms with Gasteiger partial charge in [0.2, 0.25) is 5.91 Å². The quantitative estimate of drug-likeness (QED) is 0.369. The minimum Gasteiger partial charge on any atom is -0.329 e. The largest absolute Gasteiger partial charge is 0.329 e. The van der Waals surface area contributed by atoms with E-state index in [0.29, 0.717) is 18.1 Å². The fraction of sp³-hybridized carbons (Fsp3) is 0.148. The minimum absolute atomic E-state index is 0.173. The lowest BCUT2D eigenvalue weighted by molar-refractivity contribution is -0.115. The number of carbonyl (C=O) groups is 2. The highest BCUT2D eigenvalue weighted by Crippen LogP contribution is 2.25. The first-order valence-corrected chi connectivity index (χ1v) is 11.1. The number of nitrogens with one attached hydrogen (secondary N) is 3. The van der Waals surface area contributed by atoms with Crippen LogP contribution in [0.25, 0.3) is 11.3 Å². The molecule has 0 aliphatic rings. The van der Waals surface area contributed by atoms with Crippen LogP contribution in [0.1, 0.15) is 16.7 Å². The fourth-order valence-corrected chi connectivity index (χ4v) is 3.63. The number of anilines is 2. The average molecular weight is 454 g/mol. The molecule has 0 bridgehead atoms. The summed E-state index contributed by atoms with van der Waals surface area (Å²) in [7, 11) is 0. The van der Waals surface area contributed by atoms with Crippen molar-refractivity contribution in [2.75, 3.05) is 17.2 Å². The van der Waals surface area contributed by atoms with Crippen LogP contribution in [0.4, 0.5) is 16.3 Å². The van der Waals surface area contributed by atoms with Crippen molar-refractivity contribution in [2.45, 2.75) is 20.4 Å². The zero-order valence-corrected chi connectivity index (χ0v) is 19.2. The predicted molar refractivity (Wildman–Crippen MR) is 135 cm³/mol. The van der Waals surface area contributed by atoms with Crippen LogP contribution in [0, 0.1) is 13.8 Å². The summed E-state index contributed by atoms with van der Waals surface area (Å²) in [5, 5.41) is 13.0. The maximum atomic E-state index is 12.6. The van der Waals surface area contributed by atoms with Crippen molar-refractivity contribution in [2.24, 2.45) is 0 Å². The smallest absolute Gasteiger partial charge is 0.319 e. The third-order valence-electron chi connectivity index (χ3n) is 5.33. The topological polar surface area (TPSA) is 88.1 Å². The van der Waals surface area contributed by atoms with Gasteiger partial charge >= 0.3 is 6.03 Å². The lowest BCUT2D eigenvalue weighted by atomic mass is 10.1. The normalized spacial score (nSPS) is 10.5. The molecule has 3 N–H and O–H groups in total. The van der Waals surface area contributed by atoms with E-state index < -0.39 is 6.03 Å². The minimum atomic E-state index is -0.445. The van der Waals surface area contributed by atoms with Crippen molar-refractivity contribution >= 4 is 23.4 Å². The van der Waals surface area contributed by atoms with Crippen LogP contribution < -0.4 is 16.0 Å². The number of benzene rings is 3. The zero-order chi connectivity index (χ0) is 23.9. The van der Waals surface area contributed by atoms with E-state index in [9.17, 15) is 9.59 Å². The highest BCUT2D eigenvalue weighted by molar-refractivity contribution is 5.96. The first-order chi connectivity index (χ1) is 16.5. The SMILES string of the molecule is Cc1cccc(NC(=O)NCC(=O)Nc2cc(-c3ccccc3C)nn2Cc2ccccc2)c1. The molecule has 0 unspecified atom stereocenters. The lowest BCUT2D eigenvalue weighted by Gasteiger charge is -2.10. The lowest BCUT2D eigenvalue weighted by Crippen LogP contribution is -2.36. The second-order valence-electron chi connectivity index (χ2n) is 8.10. The molecule has 0 radical (unpaired) electrons. The molecular weight excluding hydrogens is 426 g/mol. The van der Waals surface area contributed by atoms with Gasteiger partial charge in [-0.15, -0.1) is 0 Å². The van der Waals surface area contributed by atoms with E-state index in [1.807, 2.05) is 92.7 Å². The third kappa shape index (κ3) is 5.89. The summed E-state index contributed by atoms with van der Waals surface area (Å²) >= 11 is 0. The number of hydrogen-bond acceptors (Lipinski definition) is 3. The van der Waals surface area contributed by atoms with E-state index in [1.54, 1.807) is 10.7 Å². The summed E-state index contributed by atoms with van der Waals surface area (Å²) < 4.78 is 1.77. The Morgan fingerprint density at radius 1 is 0.853 bits per heavy atom. The summed E-state index contributed by atoms with van der Waals surface area (Å²) in [6.45, 7) is 4.30. The Bertz CT molecular complexity index is 1300. The van der Waals surface area contributed by atoms with Gasteiger partial charge in [0.05, 0.1) is 18.8 Å². The summed E-state index contributed by atoms with van der Waals surface area (Å²) in [6, 6.07) is 26.8. The summed E-state index contributed by atoms with van der Waals surface area (Å²) in [6.07, 6.45) is 0. The Morgan fingerprint density at radius 3 is 2.38 bits per heavy atom. The molecule has 1 heterocycles. The van der Waals surface area contributed by atoms with Crippen LogP contribution >= 0.6 is 0 Å². The standard InChI is InChI=1S/C27H27N5O2/c1-19-9-8-13-22(15-19)29-27(34)28-17-26(33)30-25-16-24(23-14-7-6-10-20(23)2)31-32(25)18-21-11-4-3-5-12-21/h3-16H,17-18H2,1-2H3,(H,30,33)(H2,28,29,34). The van der Waals surface area contributed by atoms with Crippen LogP contribution in [0.5, 0.6) is 0 Å². The molecule has 4 rings (SSSR count). The molecule has 0 aliphatic heterocycles. The summed E-state index contributed by atoms with van der Waals surface area (Å²) in [4.78, 5) is 24.8. The molecule has 0 atom stereocenters. The second-order valence-corrected chi connectivity index (χ2v) is 8.10. The van der Waals surface area contributed by atoms with Crippen molar-refractivity contribution in [3.05, 3.63) is 102 Å². The Kier molecular flexibility index (Phi) is 7.03. The number of nitrogens with zero attached hydrogens (tertiary/aromatic N) is 2. The predicted octanol–water partition coefficient (Wildman–Crippen LogP) is 4.98. The van der Waals surface area contributed by atoms with Crippen molar-refractivity contribution < 1.29 is 9.59 Å². The van der Waals surface area contributed by atoms with Gasteiger partial charge in [-0.1, -0.05) is 66.7 Å². The van der Waals surface area contributed by atoms with Gasteiger partial charge < -0.3 is 16.0 Å². The molecule has 172 valence electrons. The molecule has 34 heavy (non-hydrogen) atoms. The van der Waals surface area contributed by atoms with Gasteiger partial charge in [0.15, 0.2) is 0 Å². The van der Waals surface area contributed by atoms with E-state index in [-0.39, 0.29) is 12.5 Å². The Labute approximate surface area is 198 Å². The summed E-state index contributed by atoms with van der Waals surface area (Å²) in [5.41, 5.74) is 5.63. The number of aromatic nitrogens is 2. The molecule has 3 aromatic carbocycles. The Balaban J connectivity index is 1.46. The van der Waals surface area contributed by atoms with E-state index in [4.69, 9.17) is 5.10 Å². The third-order valence-corrected chi connectivity index (χ3v) is 5.33. The molecule has 4 aromatic rings. The molecule has 0 aliphatic carbocycles. The van der Waals surface area contributed by atoms with Gasteiger partial charge in [-0.3, -0.25) is 4.79 Å². The van der Waals surface area contributed by atoms with Crippen molar-refractivity contribution in [3.63, 3.8) is 0 Å². The number of aryl methyl sites for hydroxylation is 2. The van der Waals surface area contributed by atoms with Crippen LogP contribution in [-0.4, -0.2) is 28.3 Å². The molecule has 7 heteroatoms. The van der Waals surface area contributed by atoms with Gasteiger partial charge in [0.1, 0.15) is 5.82 Å². The molecule has 1 aromatic heterocycles. The van der Waals surface area contributed by atoms with Crippen molar-refractivity contribution in [3.8, 4) is 11.3 Å². The van der Waals surface area contributed by atoms with E-state index in [0.717, 1.165) is 27.9 Å². The average Bonchev–Trinajstić information content (AvgIpc) is 3.20.